The van der Waals surface area contributed by atoms with Gasteiger partial charge in [-0.1, -0.05) is 13.8 Å². The van der Waals surface area contributed by atoms with E-state index in [1.54, 1.807) is 0 Å². The minimum atomic E-state index is -0.508. The van der Waals surface area contributed by atoms with Crippen molar-refractivity contribution in [3.05, 3.63) is 18.1 Å². The Kier molecular flexibility index (Phi) is 5.73. The first-order valence-corrected chi connectivity index (χ1v) is 6.10. The van der Waals surface area contributed by atoms with E-state index in [4.69, 9.17) is 5.26 Å². The number of nitriles is 1. The third kappa shape index (κ3) is 4.54. The Morgan fingerprint density at radius 2 is 2.21 bits per heavy atom. The fourth-order valence-corrected chi connectivity index (χ4v) is 1.62. The Balaban J connectivity index is 2.84. The van der Waals surface area contributed by atoms with Gasteiger partial charge in [0.05, 0.1) is 32.0 Å². The zero-order valence-electron chi connectivity index (χ0n) is 11.5. The smallest absolute Gasteiger partial charge is 0.358 e. The summed E-state index contributed by atoms with van der Waals surface area (Å²) >= 11 is 0. The molecular formula is C13H18N4O2. The van der Waals surface area contributed by atoms with Crippen molar-refractivity contribution in [3.8, 4) is 6.07 Å². The lowest BCUT2D eigenvalue weighted by Crippen LogP contribution is -2.29. The van der Waals surface area contributed by atoms with Crippen LogP contribution in [0, 0.1) is 17.2 Å². The van der Waals surface area contributed by atoms with E-state index >= 15 is 0 Å². The van der Waals surface area contributed by atoms with E-state index in [1.807, 2.05) is 4.90 Å². The molecule has 0 aliphatic carbocycles. The van der Waals surface area contributed by atoms with Crippen molar-refractivity contribution in [1.29, 1.82) is 5.26 Å². The van der Waals surface area contributed by atoms with Crippen LogP contribution in [0.15, 0.2) is 12.4 Å². The molecule has 0 radical (unpaired) electrons. The molecule has 1 heterocycles. The van der Waals surface area contributed by atoms with Crippen LogP contribution < -0.4 is 4.90 Å². The summed E-state index contributed by atoms with van der Waals surface area (Å²) in [6.07, 6.45) is 3.35. The molecule has 1 rings (SSSR count). The molecular weight excluding hydrogens is 244 g/mol. The second-order valence-electron chi connectivity index (χ2n) is 4.50. The van der Waals surface area contributed by atoms with E-state index in [2.05, 4.69) is 34.6 Å². The molecule has 0 aromatic carbocycles. The highest BCUT2D eigenvalue weighted by Crippen LogP contribution is 2.12. The molecule has 0 spiro atoms. The molecule has 0 atom stereocenters. The molecule has 0 aliphatic rings. The van der Waals surface area contributed by atoms with Crippen LogP contribution in [0.1, 0.15) is 30.8 Å². The van der Waals surface area contributed by atoms with Gasteiger partial charge in [0.2, 0.25) is 0 Å². The normalized spacial score (nSPS) is 10.1. The van der Waals surface area contributed by atoms with Gasteiger partial charge >= 0.3 is 5.97 Å². The molecule has 102 valence electrons. The molecule has 0 aliphatic heterocycles. The van der Waals surface area contributed by atoms with Crippen molar-refractivity contribution in [2.24, 2.45) is 5.92 Å². The highest BCUT2D eigenvalue weighted by molar-refractivity contribution is 5.86. The molecule has 0 N–H and O–H groups in total. The first-order chi connectivity index (χ1) is 9.08. The molecule has 1 aromatic rings. The van der Waals surface area contributed by atoms with Gasteiger partial charge < -0.3 is 9.64 Å². The predicted octanol–water partition coefficient (Wildman–Crippen LogP) is 1.64. The van der Waals surface area contributed by atoms with Gasteiger partial charge in [-0.3, -0.25) is 0 Å². The third-order valence-electron chi connectivity index (χ3n) is 2.44. The molecule has 0 bridgehead atoms. The van der Waals surface area contributed by atoms with E-state index in [1.165, 1.54) is 19.5 Å². The third-order valence-corrected chi connectivity index (χ3v) is 2.44. The van der Waals surface area contributed by atoms with Crippen LogP contribution in [-0.2, 0) is 4.74 Å². The number of rotatable bonds is 6. The number of esters is 1. The van der Waals surface area contributed by atoms with E-state index < -0.39 is 5.97 Å². The van der Waals surface area contributed by atoms with Gasteiger partial charge in [-0.25, -0.2) is 14.8 Å². The quantitative estimate of drug-likeness (QED) is 0.725. The average molecular weight is 262 g/mol. The van der Waals surface area contributed by atoms with E-state index in [0.29, 0.717) is 24.7 Å². The Morgan fingerprint density at radius 1 is 1.47 bits per heavy atom. The lowest BCUT2D eigenvalue weighted by molar-refractivity contribution is 0.0593. The number of anilines is 1. The predicted molar refractivity (Wildman–Crippen MR) is 70.7 cm³/mol. The van der Waals surface area contributed by atoms with Crippen molar-refractivity contribution in [3.63, 3.8) is 0 Å². The number of carbonyl (C=O) groups is 1. The number of aromatic nitrogens is 2. The van der Waals surface area contributed by atoms with Gasteiger partial charge in [-0.15, -0.1) is 0 Å². The van der Waals surface area contributed by atoms with Crippen molar-refractivity contribution < 1.29 is 9.53 Å². The van der Waals surface area contributed by atoms with E-state index in [9.17, 15) is 4.79 Å². The summed E-state index contributed by atoms with van der Waals surface area (Å²) < 4.78 is 4.57. The van der Waals surface area contributed by atoms with Crippen LogP contribution in [0.5, 0.6) is 0 Å². The van der Waals surface area contributed by atoms with Crippen LogP contribution in [-0.4, -0.2) is 36.1 Å². The molecule has 6 nitrogen and oxygen atoms in total. The molecule has 0 saturated carbocycles. The van der Waals surface area contributed by atoms with Gasteiger partial charge in [0, 0.05) is 13.1 Å². The molecule has 0 fully saturated rings. The molecule has 1 aromatic heterocycles. The largest absolute Gasteiger partial charge is 0.464 e. The summed E-state index contributed by atoms with van der Waals surface area (Å²) in [4.78, 5) is 21.5. The first-order valence-electron chi connectivity index (χ1n) is 6.10. The zero-order valence-corrected chi connectivity index (χ0v) is 11.5. The fourth-order valence-electron chi connectivity index (χ4n) is 1.62. The second-order valence-corrected chi connectivity index (χ2v) is 4.50. The Morgan fingerprint density at radius 3 is 2.68 bits per heavy atom. The molecule has 0 saturated heterocycles. The molecule has 6 heteroatoms. The van der Waals surface area contributed by atoms with E-state index in [-0.39, 0.29) is 5.69 Å². The van der Waals surface area contributed by atoms with Gasteiger partial charge in [0.25, 0.3) is 0 Å². The molecule has 0 amide bonds. The summed E-state index contributed by atoms with van der Waals surface area (Å²) in [5, 5.41) is 8.67. The Bertz CT molecular complexity index is 451. The van der Waals surface area contributed by atoms with Gasteiger partial charge in [0.1, 0.15) is 5.82 Å². The molecule has 0 unspecified atom stereocenters. The number of nitrogens with zero attached hydrogens (tertiary/aromatic N) is 4. The number of ether oxygens (including phenoxy) is 1. The standard InChI is InChI=1S/C13H18N4O2/c1-10(2)9-17(6-4-5-14)12-8-15-11(7-16-12)13(18)19-3/h7-8,10H,4,6,9H2,1-3H3. The summed E-state index contributed by atoms with van der Waals surface area (Å²) in [6, 6.07) is 2.12. The topological polar surface area (TPSA) is 79.1 Å². The maximum absolute atomic E-state index is 11.3. The van der Waals surface area contributed by atoms with E-state index in [0.717, 1.165) is 6.54 Å². The second kappa shape index (κ2) is 7.31. The first kappa shape index (κ1) is 14.9. The number of carbonyl (C=O) groups excluding carboxylic acids is 1. The zero-order chi connectivity index (χ0) is 14.3. The van der Waals surface area contributed by atoms with Crippen LogP contribution in [0.25, 0.3) is 0 Å². The van der Waals surface area contributed by atoms with Crippen LogP contribution in [0.3, 0.4) is 0 Å². The fraction of sp³-hybridized carbons (Fsp3) is 0.538. The van der Waals surface area contributed by atoms with Gasteiger partial charge in [0.15, 0.2) is 5.69 Å². The Hall–Kier alpha value is -2.16. The molecule has 19 heavy (non-hydrogen) atoms. The van der Waals surface area contributed by atoms with Crippen molar-refractivity contribution in [2.75, 3.05) is 25.1 Å². The highest BCUT2D eigenvalue weighted by Gasteiger charge is 2.12. The monoisotopic (exact) mass is 262 g/mol. The Labute approximate surface area is 113 Å². The summed E-state index contributed by atoms with van der Waals surface area (Å²) in [5.74, 6) is 0.601. The van der Waals surface area contributed by atoms with Crippen molar-refractivity contribution >= 4 is 11.8 Å². The van der Waals surface area contributed by atoms with Gasteiger partial charge in [-0.05, 0) is 5.92 Å². The lowest BCUT2D eigenvalue weighted by Gasteiger charge is -2.24. The van der Waals surface area contributed by atoms with Crippen molar-refractivity contribution in [2.45, 2.75) is 20.3 Å². The SMILES string of the molecule is COC(=O)c1cnc(N(CCC#N)CC(C)C)cn1. The van der Waals surface area contributed by atoms with Crippen LogP contribution in [0.2, 0.25) is 0 Å². The minimum absolute atomic E-state index is 0.177. The van der Waals surface area contributed by atoms with Crippen LogP contribution >= 0.6 is 0 Å². The van der Waals surface area contributed by atoms with Crippen LogP contribution in [0.4, 0.5) is 5.82 Å². The lowest BCUT2D eigenvalue weighted by atomic mass is 10.2. The highest BCUT2D eigenvalue weighted by atomic mass is 16.5. The summed E-state index contributed by atoms with van der Waals surface area (Å²) in [5.41, 5.74) is 0.177. The van der Waals surface area contributed by atoms with Gasteiger partial charge in [-0.2, -0.15) is 5.26 Å². The maximum Gasteiger partial charge on any atom is 0.358 e. The summed E-state index contributed by atoms with van der Waals surface area (Å²) in [7, 11) is 1.30. The minimum Gasteiger partial charge on any atom is -0.464 e. The van der Waals surface area contributed by atoms with Crippen molar-refractivity contribution in [1.82, 2.24) is 9.97 Å². The number of hydrogen-bond donors (Lipinski definition) is 0. The maximum atomic E-state index is 11.3. The number of hydrogen-bond acceptors (Lipinski definition) is 6. The average Bonchev–Trinajstić information content (AvgIpc) is 2.42. The summed E-state index contributed by atoms with van der Waals surface area (Å²) in [6.45, 7) is 5.57. The number of methoxy groups -OCH3 is 1.